The summed E-state index contributed by atoms with van der Waals surface area (Å²) in [4.78, 5) is 14.4. The molecule has 3 nitrogen and oxygen atoms in total. The molecular formula is C16H24Cl2N2O. The number of rotatable bonds is 5. The predicted octanol–water partition coefficient (Wildman–Crippen LogP) is 3.50. The number of halogens is 2. The molecule has 1 aliphatic heterocycles. The standard InChI is InChI=1S/C16H23ClN2O.ClH/c1-12(2)19(11-14-4-3-5-15(17)8-14)16(20)9-13-6-7-18-10-13;/h3-5,8,12-13,18H,6-7,9-11H2,1-2H3;1H. The van der Waals surface area contributed by atoms with Gasteiger partial charge in [0.05, 0.1) is 0 Å². The minimum atomic E-state index is 0. The number of hydrogen-bond acceptors (Lipinski definition) is 2. The van der Waals surface area contributed by atoms with Crippen molar-refractivity contribution < 1.29 is 4.79 Å². The van der Waals surface area contributed by atoms with E-state index < -0.39 is 0 Å². The van der Waals surface area contributed by atoms with Gasteiger partial charge in [0.15, 0.2) is 0 Å². The highest BCUT2D eigenvalue weighted by Crippen LogP contribution is 2.18. The summed E-state index contributed by atoms with van der Waals surface area (Å²) < 4.78 is 0. The lowest BCUT2D eigenvalue weighted by molar-refractivity contribution is -0.134. The number of nitrogens with one attached hydrogen (secondary N) is 1. The molecule has 21 heavy (non-hydrogen) atoms. The first-order valence-corrected chi connectivity index (χ1v) is 7.68. The van der Waals surface area contributed by atoms with Crippen LogP contribution in [0.3, 0.4) is 0 Å². The summed E-state index contributed by atoms with van der Waals surface area (Å²) in [5, 5.41) is 4.04. The highest BCUT2D eigenvalue weighted by molar-refractivity contribution is 6.30. The van der Waals surface area contributed by atoms with E-state index in [-0.39, 0.29) is 24.4 Å². The first kappa shape index (κ1) is 18.3. The molecule has 1 unspecified atom stereocenters. The van der Waals surface area contributed by atoms with Crippen LogP contribution < -0.4 is 5.32 Å². The SMILES string of the molecule is CC(C)N(Cc1cccc(Cl)c1)C(=O)CC1CCNC1.Cl. The van der Waals surface area contributed by atoms with Crippen LogP contribution in [0.4, 0.5) is 0 Å². The maximum atomic E-state index is 12.5. The van der Waals surface area contributed by atoms with Crippen LogP contribution in [0.2, 0.25) is 5.02 Å². The van der Waals surface area contributed by atoms with Gasteiger partial charge < -0.3 is 10.2 Å². The molecule has 1 amide bonds. The molecule has 0 saturated carbocycles. The van der Waals surface area contributed by atoms with Gasteiger partial charge in [-0.15, -0.1) is 12.4 Å². The average Bonchev–Trinajstić information content (AvgIpc) is 2.88. The van der Waals surface area contributed by atoms with E-state index in [0.29, 0.717) is 18.9 Å². The van der Waals surface area contributed by atoms with Crippen molar-refractivity contribution in [2.75, 3.05) is 13.1 Å². The van der Waals surface area contributed by atoms with Crippen LogP contribution in [-0.4, -0.2) is 29.9 Å². The van der Waals surface area contributed by atoms with E-state index in [1.54, 1.807) is 0 Å². The van der Waals surface area contributed by atoms with Crippen molar-refractivity contribution in [3.05, 3.63) is 34.9 Å². The summed E-state index contributed by atoms with van der Waals surface area (Å²) in [6.45, 7) is 6.77. The van der Waals surface area contributed by atoms with Gasteiger partial charge in [-0.25, -0.2) is 0 Å². The summed E-state index contributed by atoms with van der Waals surface area (Å²) in [7, 11) is 0. The van der Waals surface area contributed by atoms with Crippen LogP contribution in [0, 0.1) is 5.92 Å². The highest BCUT2D eigenvalue weighted by Gasteiger charge is 2.23. The Morgan fingerprint density at radius 3 is 2.81 bits per heavy atom. The summed E-state index contributed by atoms with van der Waals surface area (Å²) in [6, 6.07) is 7.95. The quantitative estimate of drug-likeness (QED) is 0.896. The maximum absolute atomic E-state index is 12.5. The molecule has 0 radical (unpaired) electrons. The van der Waals surface area contributed by atoms with Gasteiger partial charge in [-0.2, -0.15) is 0 Å². The van der Waals surface area contributed by atoms with E-state index >= 15 is 0 Å². The lowest BCUT2D eigenvalue weighted by Gasteiger charge is -2.28. The molecule has 1 fully saturated rings. The number of amides is 1. The van der Waals surface area contributed by atoms with E-state index in [9.17, 15) is 4.79 Å². The minimum Gasteiger partial charge on any atom is -0.336 e. The van der Waals surface area contributed by atoms with Crippen LogP contribution in [0.1, 0.15) is 32.3 Å². The van der Waals surface area contributed by atoms with Crippen molar-refractivity contribution in [3.63, 3.8) is 0 Å². The second-order valence-electron chi connectivity index (χ2n) is 5.81. The van der Waals surface area contributed by atoms with Crippen molar-refractivity contribution >= 4 is 29.9 Å². The molecule has 0 bridgehead atoms. The van der Waals surface area contributed by atoms with Crippen molar-refractivity contribution in [1.29, 1.82) is 0 Å². The summed E-state index contributed by atoms with van der Waals surface area (Å²) in [5.74, 6) is 0.733. The van der Waals surface area contributed by atoms with Gasteiger partial charge in [-0.05, 0) is 57.0 Å². The van der Waals surface area contributed by atoms with Crippen molar-refractivity contribution in [2.24, 2.45) is 5.92 Å². The summed E-state index contributed by atoms with van der Waals surface area (Å²) in [6.07, 6.45) is 1.75. The first-order chi connectivity index (χ1) is 9.56. The molecule has 1 atom stereocenters. The Labute approximate surface area is 138 Å². The van der Waals surface area contributed by atoms with E-state index in [0.717, 1.165) is 30.1 Å². The average molecular weight is 331 g/mol. The van der Waals surface area contributed by atoms with Crippen LogP contribution in [0.25, 0.3) is 0 Å². The second-order valence-corrected chi connectivity index (χ2v) is 6.24. The Kier molecular flexibility index (Phi) is 7.50. The smallest absolute Gasteiger partial charge is 0.223 e. The third-order valence-corrected chi connectivity index (χ3v) is 4.05. The van der Waals surface area contributed by atoms with Gasteiger partial charge in [0.25, 0.3) is 0 Å². The van der Waals surface area contributed by atoms with Crippen molar-refractivity contribution in [2.45, 2.75) is 39.3 Å². The molecule has 118 valence electrons. The Morgan fingerprint density at radius 1 is 1.48 bits per heavy atom. The number of hydrogen-bond donors (Lipinski definition) is 1. The zero-order valence-electron chi connectivity index (χ0n) is 12.6. The third-order valence-electron chi connectivity index (χ3n) is 3.81. The molecule has 1 N–H and O–H groups in total. The van der Waals surface area contributed by atoms with Crippen molar-refractivity contribution in [1.82, 2.24) is 10.2 Å². The summed E-state index contributed by atoms with van der Waals surface area (Å²) >= 11 is 6.01. The largest absolute Gasteiger partial charge is 0.336 e. The lowest BCUT2D eigenvalue weighted by atomic mass is 10.0. The van der Waals surface area contributed by atoms with E-state index in [1.165, 1.54) is 0 Å². The minimum absolute atomic E-state index is 0. The lowest BCUT2D eigenvalue weighted by Crippen LogP contribution is -2.37. The van der Waals surface area contributed by atoms with Crippen LogP contribution >= 0.6 is 24.0 Å². The highest BCUT2D eigenvalue weighted by atomic mass is 35.5. The van der Waals surface area contributed by atoms with Crippen LogP contribution in [0.5, 0.6) is 0 Å². The Hall–Kier alpha value is -0.770. The van der Waals surface area contributed by atoms with Gasteiger partial charge in [0, 0.05) is 24.0 Å². The molecule has 5 heteroatoms. The van der Waals surface area contributed by atoms with Gasteiger partial charge in [0.1, 0.15) is 0 Å². The molecule has 1 heterocycles. The summed E-state index contributed by atoms with van der Waals surface area (Å²) in [5.41, 5.74) is 1.09. The topological polar surface area (TPSA) is 32.3 Å². The number of nitrogens with zero attached hydrogens (tertiary/aromatic N) is 1. The van der Waals surface area contributed by atoms with Gasteiger partial charge in [0.2, 0.25) is 5.91 Å². The maximum Gasteiger partial charge on any atom is 0.223 e. The molecule has 1 aliphatic rings. The van der Waals surface area contributed by atoms with E-state index in [2.05, 4.69) is 19.2 Å². The molecule has 0 aliphatic carbocycles. The number of carbonyl (C=O) groups excluding carboxylic acids is 1. The molecule has 1 saturated heterocycles. The molecule has 0 aromatic heterocycles. The second kappa shape index (κ2) is 8.62. The molecule has 1 aromatic carbocycles. The van der Waals surface area contributed by atoms with Gasteiger partial charge in [-0.3, -0.25) is 4.79 Å². The zero-order valence-corrected chi connectivity index (χ0v) is 14.2. The zero-order chi connectivity index (χ0) is 14.5. The van der Waals surface area contributed by atoms with E-state index in [1.807, 2.05) is 29.2 Å². The van der Waals surface area contributed by atoms with Gasteiger partial charge in [-0.1, -0.05) is 23.7 Å². The Balaban J connectivity index is 0.00000220. The fraction of sp³-hybridized carbons (Fsp3) is 0.562. The molecular weight excluding hydrogens is 307 g/mol. The fourth-order valence-electron chi connectivity index (χ4n) is 2.64. The monoisotopic (exact) mass is 330 g/mol. The number of benzene rings is 1. The van der Waals surface area contributed by atoms with Crippen molar-refractivity contribution in [3.8, 4) is 0 Å². The van der Waals surface area contributed by atoms with Crippen LogP contribution in [0.15, 0.2) is 24.3 Å². The Bertz CT molecular complexity index is 459. The normalized spacial score (nSPS) is 17.6. The number of carbonyl (C=O) groups is 1. The Morgan fingerprint density at radius 2 is 2.24 bits per heavy atom. The molecule has 1 aromatic rings. The predicted molar refractivity (Wildman–Crippen MR) is 90.0 cm³/mol. The molecule has 0 spiro atoms. The molecule has 2 rings (SSSR count). The van der Waals surface area contributed by atoms with Crippen LogP contribution in [-0.2, 0) is 11.3 Å². The van der Waals surface area contributed by atoms with E-state index in [4.69, 9.17) is 11.6 Å². The third kappa shape index (κ3) is 5.50. The van der Waals surface area contributed by atoms with Gasteiger partial charge >= 0.3 is 0 Å². The first-order valence-electron chi connectivity index (χ1n) is 7.31. The fourth-order valence-corrected chi connectivity index (χ4v) is 2.86.